The number of carbonyl (C=O) groups excluding carboxylic acids is 1. The van der Waals surface area contributed by atoms with Crippen molar-refractivity contribution in [3.63, 3.8) is 0 Å². The van der Waals surface area contributed by atoms with Gasteiger partial charge in [0.1, 0.15) is 0 Å². The lowest BCUT2D eigenvalue weighted by Crippen LogP contribution is -2.36. The fourth-order valence-electron chi connectivity index (χ4n) is 2.19. The van der Waals surface area contributed by atoms with Gasteiger partial charge < -0.3 is 14.2 Å². The van der Waals surface area contributed by atoms with Crippen LogP contribution in [0.5, 0.6) is 0 Å². The molecular weight excluding hydrogens is 228 g/mol. The van der Waals surface area contributed by atoms with Gasteiger partial charge in [0.15, 0.2) is 5.79 Å². The van der Waals surface area contributed by atoms with Crippen LogP contribution in [0.2, 0.25) is 0 Å². The first-order chi connectivity index (χ1) is 7.64. The van der Waals surface area contributed by atoms with Crippen molar-refractivity contribution in [2.75, 3.05) is 25.2 Å². The lowest BCUT2D eigenvalue weighted by molar-refractivity contribution is -0.187. The highest BCUT2D eigenvalue weighted by Gasteiger charge is 2.45. The molecular formula is C11H18O4S. The van der Waals surface area contributed by atoms with Crippen molar-refractivity contribution in [1.29, 1.82) is 0 Å². The number of methoxy groups -OCH3 is 1. The van der Waals surface area contributed by atoms with Crippen LogP contribution in [-0.4, -0.2) is 43.1 Å². The monoisotopic (exact) mass is 246 g/mol. The normalized spacial score (nSPS) is 38.9. The summed E-state index contributed by atoms with van der Waals surface area (Å²) in [6.45, 7) is 2.48. The molecule has 0 bridgehead atoms. The van der Waals surface area contributed by atoms with Crippen LogP contribution in [0.15, 0.2) is 0 Å². The molecule has 0 aromatic carbocycles. The number of hydrogen-bond donors (Lipinski definition) is 0. The molecule has 3 unspecified atom stereocenters. The summed E-state index contributed by atoms with van der Waals surface area (Å²) in [5.41, 5.74) is 0. The van der Waals surface area contributed by atoms with E-state index < -0.39 is 5.79 Å². The predicted molar refractivity (Wildman–Crippen MR) is 61.3 cm³/mol. The first kappa shape index (κ1) is 12.2. The molecule has 0 spiro atoms. The maximum atomic E-state index is 11.1. The molecule has 5 heteroatoms. The zero-order valence-corrected chi connectivity index (χ0v) is 10.5. The smallest absolute Gasteiger partial charge is 0.308 e. The number of hydrogen-bond acceptors (Lipinski definition) is 5. The van der Waals surface area contributed by atoms with Crippen LogP contribution < -0.4 is 0 Å². The molecule has 0 aliphatic carbocycles. The summed E-state index contributed by atoms with van der Waals surface area (Å²) in [4.78, 5) is 11.1. The van der Waals surface area contributed by atoms with Crippen molar-refractivity contribution in [2.45, 2.75) is 31.7 Å². The lowest BCUT2D eigenvalue weighted by Gasteiger charge is -2.29. The second-order valence-corrected chi connectivity index (χ2v) is 5.56. The highest BCUT2D eigenvalue weighted by molar-refractivity contribution is 7.99. The summed E-state index contributed by atoms with van der Waals surface area (Å²) in [7, 11) is 1.39. The Labute approximate surface area is 100 Å². The van der Waals surface area contributed by atoms with Crippen LogP contribution in [0.1, 0.15) is 19.8 Å². The van der Waals surface area contributed by atoms with E-state index in [0.717, 1.165) is 12.2 Å². The Morgan fingerprint density at radius 1 is 1.62 bits per heavy atom. The maximum absolute atomic E-state index is 11.1. The molecule has 0 N–H and O–H groups in total. The van der Waals surface area contributed by atoms with E-state index in [1.165, 1.54) is 12.9 Å². The first-order valence-corrected chi connectivity index (χ1v) is 6.76. The third-order valence-corrected chi connectivity index (χ3v) is 4.41. The summed E-state index contributed by atoms with van der Waals surface area (Å²) in [5, 5.41) is 0. The van der Waals surface area contributed by atoms with Crippen molar-refractivity contribution in [2.24, 2.45) is 5.92 Å². The minimum absolute atomic E-state index is 0.150. The molecule has 3 atom stereocenters. The van der Waals surface area contributed by atoms with Gasteiger partial charge in [0.25, 0.3) is 0 Å². The summed E-state index contributed by atoms with van der Waals surface area (Å²) in [6.07, 6.45) is 1.26. The van der Waals surface area contributed by atoms with Gasteiger partial charge >= 0.3 is 5.97 Å². The molecule has 92 valence electrons. The van der Waals surface area contributed by atoms with Crippen LogP contribution in [0.3, 0.4) is 0 Å². The largest absolute Gasteiger partial charge is 0.469 e. The average Bonchev–Trinajstić information content (AvgIpc) is 2.88. The Morgan fingerprint density at radius 3 is 3.06 bits per heavy atom. The van der Waals surface area contributed by atoms with E-state index >= 15 is 0 Å². The first-order valence-electron chi connectivity index (χ1n) is 5.60. The minimum Gasteiger partial charge on any atom is -0.469 e. The molecule has 0 saturated carbocycles. The molecule has 2 heterocycles. The van der Waals surface area contributed by atoms with Crippen molar-refractivity contribution >= 4 is 17.7 Å². The van der Waals surface area contributed by atoms with Gasteiger partial charge in [-0.2, -0.15) is 11.8 Å². The fourth-order valence-corrected chi connectivity index (χ4v) is 3.56. The Bertz CT molecular complexity index is 265. The molecule has 0 aromatic heterocycles. The van der Waals surface area contributed by atoms with E-state index in [9.17, 15) is 4.79 Å². The highest BCUT2D eigenvalue weighted by atomic mass is 32.2. The van der Waals surface area contributed by atoms with Gasteiger partial charge in [-0.3, -0.25) is 4.79 Å². The van der Waals surface area contributed by atoms with Gasteiger partial charge in [0.05, 0.1) is 26.2 Å². The van der Waals surface area contributed by atoms with Crippen LogP contribution in [-0.2, 0) is 19.0 Å². The molecule has 2 fully saturated rings. The lowest BCUT2D eigenvalue weighted by atomic mass is 10.00. The van der Waals surface area contributed by atoms with E-state index in [2.05, 4.69) is 4.74 Å². The van der Waals surface area contributed by atoms with Crippen molar-refractivity contribution in [3.8, 4) is 0 Å². The van der Waals surface area contributed by atoms with Crippen molar-refractivity contribution < 1.29 is 19.0 Å². The van der Waals surface area contributed by atoms with E-state index in [1.807, 2.05) is 18.7 Å². The van der Waals surface area contributed by atoms with Gasteiger partial charge in [0.2, 0.25) is 0 Å². The van der Waals surface area contributed by atoms with Gasteiger partial charge in [-0.15, -0.1) is 0 Å². The third kappa shape index (κ3) is 2.52. The summed E-state index contributed by atoms with van der Waals surface area (Å²) < 4.78 is 16.2. The van der Waals surface area contributed by atoms with Crippen molar-refractivity contribution in [3.05, 3.63) is 0 Å². The molecule has 2 aliphatic heterocycles. The topological polar surface area (TPSA) is 44.8 Å². The van der Waals surface area contributed by atoms with Crippen LogP contribution in [0, 0.1) is 5.92 Å². The van der Waals surface area contributed by atoms with E-state index in [0.29, 0.717) is 12.5 Å². The van der Waals surface area contributed by atoms with Crippen molar-refractivity contribution in [1.82, 2.24) is 0 Å². The van der Waals surface area contributed by atoms with Gasteiger partial charge in [-0.25, -0.2) is 0 Å². The molecule has 4 nitrogen and oxygen atoms in total. The zero-order valence-electron chi connectivity index (χ0n) is 9.73. The Balaban J connectivity index is 1.88. The Kier molecular flexibility index (Phi) is 3.77. The highest BCUT2D eigenvalue weighted by Crippen LogP contribution is 2.39. The molecule has 0 aromatic rings. The van der Waals surface area contributed by atoms with Gasteiger partial charge in [-0.05, 0) is 19.1 Å². The number of ether oxygens (including phenoxy) is 3. The summed E-state index contributed by atoms with van der Waals surface area (Å²) in [6, 6.07) is 0. The number of rotatable bonds is 3. The summed E-state index contributed by atoms with van der Waals surface area (Å²) in [5.74, 6) is 1.97. The van der Waals surface area contributed by atoms with Gasteiger partial charge in [-0.1, -0.05) is 0 Å². The van der Waals surface area contributed by atoms with Gasteiger partial charge in [0, 0.05) is 11.7 Å². The fraction of sp³-hybridized carbons (Fsp3) is 0.909. The molecule has 2 saturated heterocycles. The second kappa shape index (κ2) is 4.94. The second-order valence-electron chi connectivity index (χ2n) is 4.41. The summed E-state index contributed by atoms with van der Waals surface area (Å²) >= 11 is 1.94. The quantitative estimate of drug-likeness (QED) is 0.705. The predicted octanol–water partition coefficient (Wildman–Crippen LogP) is 1.43. The van der Waals surface area contributed by atoms with Crippen LogP contribution >= 0.6 is 11.8 Å². The molecule has 16 heavy (non-hydrogen) atoms. The SMILES string of the molecule is COC(=O)CC1COC(C)(C2CCSC2)O1. The van der Waals surface area contributed by atoms with E-state index in [1.54, 1.807) is 0 Å². The molecule has 0 amide bonds. The Hall–Kier alpha value is -0.260. The third-order valence-electron chi connectivity index (χ3n) is 3.25. The number of carbonyl (C=O) groups is 1. The van der Waals surface area contributed by atoms with Crippen LogP contribution in [0.25, 0.3) is 0 Å². The van der Waals surface area contributed by atoms with Crippen LogP contribution in [0.4, 0.5) is 0 Å². The number of thioether (sulfide) groups is 1. The van der Waals surface area contributed by atoms with E-state index in [-0.39, 0.29) is 18.5 Å². The van der Waals surface area contributed by atoms with E-state index in [4.69, 9.17) is 9.47 Å². The number of esters is 1. The standard InChI is InChI=1S/C11H18O4S/c1-11(8-3-4-16-7-8)14-6-9(15-11)5-10(12)13-2/h8-9H,3-7H2,1-2H3. The average molecular weight is 246 g/mol. The Morgan fingerprint density at radius 2 is 2.44 bits per heavy atom. The zero-order chi connectivity index (χ0) is 11.6. The molecule has 0 radical (unpaired) electrons. The molecule has 2 rings (SSSR count). The minimum atomic E-state index is -0.498. The molecule has 2 aliphatic rings. The maximum Gasteiger partial charge on any atom is 0.308 e.